The smallest absolute Gasteiger partial charge is 0.284 e. The van der Waals surface area contributed by atoms with Crippen molar-refractivity contribution < 1.29 is 13.6 Å². The highest BCUT2D eigenvalue weighted by atomic mass is 19.1. The van der Waals surface area contributed by atoms with Crippen LogP contribution in [-0.2, 0) is 0 Å². The quantitative estimate of drug-likeness (QED) is 0.684. The number of pyridine rings is 1. The Morgan fingerprint density at radius 3 is 2.71 bits per heavy atom. The molecule has 2 aromatic heterocycles. The van der Waals surface area contributed by atoms with Gasteiger partial charge in [-0.1, -0.05) is 6.42 Å². The molecule has 0 spiro atoms. The van der Waals surface area contributed by atoms with Crippen molar-refractivity contribution in [2.45, 2.75) is 38.1 Å². The minimum Gasteiger partial charge on any atom is -0.363 e. The van der Waals surface area contributed by atoms with Crippen molar-refractivity contribution >= 4 is 17.2 Å². The highest BCUT2D eigenvalue weighted by Crippen LogP contribution is 2.37. The molecule has 6 nitrogen and oxygen atoms in total. The number of imidazole rings is 1. The fraction of sp³-hybridized carbons (Fsp3) is 0.391. The Labute approximate surface area is 179 Å². The second-order valence-corrected chi connectivity index (χ2v) is 8.26. The van der Waals surface area contributed by atoms with Crippen LogP contribution in [0.1, 0.15) is 54.2 Å². The molecule has 2 saturated heterocycles. The number of rotatable bonds is 4. The Bertz CT molecular complexity index is 1110. The summed E-state index contributed by atoms with van der Waals surface area (Å²) in [5.74, 6) is -1.03. The van der Waals surface area contributed by atoms with Gasteiger partial charge in [-0.15, -0.1) is 0 Å². The minimum absolute atomic E-state index is 0.194. The third kappa shape index (κ3) is 3.87. The average molecular weight is 425 g/mol. The first-order valence-corrected chi connectivity index (χ1v) is 10.8. The molecule has 1 atom stereocenters. The standard InChI is InChI=1S/C23H25F2N5O/c24-16-6-8-19(25)18(13-16)20-5-4-12-29(20)17-7-9-22-26-14-21(30(22)15-17)23(31)27-28-10-2-1-3-11-28/h6-9,13-15,20H,1-5,10-12H2,(H,27,31). The maximum absolute atomic E-state index is 14.4. The van der Waals surface area contributed by atoms with Crippen molar-refractivity contribution in [1.82, 2.24) is 19.8 Å². The van der Waals surface area contributed by atoms with Crippen LogP contribution in [-0.4, -0.2) is 39.9 Å². The lowest BCUT2D eigenvalue weighted by Gasteiger charge is -2.28. The monoisotopic (exact) mass is 425 g/mol. The number of aromatic nitrogens is 2. The van der Waals surface area contributed by atoms with E-state index in [4.69, 9.17) is 0 Å². The molecule has 0 aliphatic carbocycles. The Kier molecular flexibility index (Phi) is 5.31. The number of fused-ring (bicyclic) bond motifs is 1. The number of halogens is 2. The second-order valence-electron chi connectivity index (χ2n) is 8.26. The van der Waals surface area contributed by atoms with Gasteiger partial charge in [-0.05, 0) is 56.0 Å². The third-order valence-electron chi connectivity index (χ3n) is 6.24. The number of carbonyl (C=O) groups excluding carboxylic acids is 1. The van der Waals surface area contributed by atoms with Crippen molar-refractivity contribution in [3.8, 4) is 0 Å². The lowest BCUT2D eigenvalue weighted by Crippen LogP contribution is -2.45. The van der Waals surface area contributed by atoms with E-state index >= 15 is 0 Å². The number of nitrogens with zero attached hydrogens (tertiary/aromatic N) is 4. The summed E-state index contributed by atoms with van der Waals surface area (Å²) in [6, 6.07) is 7.13. The van der Waals surface area contributed by atoms with Crippen LogP contribution >= 0.6 is 0 Å². The van der Waals surface area contributed by atoms with Gasteiger partial charge in [0.1, 0.15) is 23.0 Å². The molecule has 5 rings (SSSR count). The molecule has 2 fully saturated rings. The number of hydrogen-bond donors (Lipinski definition) is 1. The molecule has 2 aliphatic rings. The third-order valence-corrected chi connectivity index (χ3v) is 6.24. The van der Waals surface area contributed by atoms with E-state index in [0.717, 1.165) is 57.1 Å². The summed E-state index contributed by atoms with van der Waals surface area (Å²) in [4.78, 5) is 19.3. The first-order chi connectivity index (χ1) is 15.1. The predicted molar refractivity (Wildman–Crippen MR) is 114 cm³/mol. The van der Waals surface area contributed by atoms with E-state index in [9.17, 15) is 13.6 Å². The molecule has 8 heteroatoms. The fourth-order valence-corrected chi connectivity index (χ4v) is 4.68. The van der Waals surface area contributed by atoms with E-state index in [-0.39, 0.29) is 11.9 Å². The van der Waals surface area contributed by atoms with E-state index in [1.807, 2.05) is 23.3 Å². The maximum atomic E-state index is 14.4. The van der Waals surface area contributed by atoms with Crippen LogP contribution < -0.4 is 10.3 Å². The summed E-state index contributed by atoms with van der Waals surface area (Å²) in [5.41, 5.74) is 5.32. The molecule has 1 aromatic carbocycles. The minimum atomic E-state index is -0.440. The molecule has 0 bridgehead atoms. The van der Waals surface area contributed by atoms with Gasteiger partial charge >= 0.3 is 0 Å². The zero-order chi connectivity index (χ0) is 21.4. The summed E-state index contributed by atoms with van der Waals surface area (Å²) in [6.07, 6.45) is 8.40. The van der Waals surface area contributed by atoms with E-state index < -0.39 is 11.6 Å². The van der Waals surface area contributed by atoms with Gasteiger partial charge in [0, 0.05) is 31.4 Å². The van der Waals surface area contributed by atoms with Gasteiger partial charge in [0.2, 0.25) is 0 Å². The van der Waals surface area contributed by atoms with E-state index in [2.05, 4.69) is 15.3 Å². The van der Waals surface area contributed by atoms with Gasteiger partial charge < -0.3 is 4.90 Å². The molecular formula is C23H25F2N5O. The fourth-order valence-electron chi connectivity index (χ4n) is 4.68. The molecule has 162 valence electrons. The molecular weight excluding hydrogens is 400 g/mol. The van der Waals surface area contributed by atoms with Crippen molar-refractivity contribution in [3.05, 3.63) is 65.6 Å². The highest BCUT2D eigenvalue weighted by molar-refractivity contribution is 5.93. The molecule has 2 aliphatic heterocycles. The number of nitrogens with one attached hydrogen (secondary N) is 1. The van der Waals surface area contributed by atoms with Gasteiger partial charge in [-0.25, -0.2) is 18.8 Å². The molecule has 4 heterocycles. The second kappa shape index (κ2) is 8.26. The van der Waals surface area contributed by atoms with Gasteiger partial charge in [0.25, 0.3) is 5.91 Å². The van der Waals surface area contributed by atoms with Crippen LogP contribution in [0.2, 0.25) is 0 Å². The Morgan fingerprint density at radius 1 is 1.03 bits per heavy atom. The Morgan fingerprint density at radius 2 is 1.87 bits per heavy atom. The molecule has 1 unspecified atom stereocenters. The molecule has 1 N–H and O–H groups in total. The Hall–Kier alpha value is -3.00. The summed E-state index contributed by atoms with van der Waals surface area (Å²) in [7, 11) is 0. The number of carbonyl (C=O) groups is 1. The first-order valence-electron chi connectivity index (χ1n) is 10.8. The van der Waals surface area contributed by atoms with Crippen LogP contribution in [0, 0.1) is 11.6 Å². The van der Waals surface area contributed by atoms with E-state index in [1.165, 1.54) is 18.6 Å². The van der Waals surface area contributed by atoms with Crippen LogP contribution in [0.15, 0.2) is 42.7 Å². The van der Waals surface area contributed by atoms with Gasteiger partial charge in [0.05, 0.1) is 17.9 Å². The maximum Gasteiger partial charge on any atom is 0.284 e. The predicted octanol–water partition coefficient (Wildman–Crippen LogP) is 4.08. The van der Waals surface area contributed by atoms with Crippen molar-refractivity contribution in [3.63, 3.8) is 0 Å². The summed E-state index contributed by atoms with van der Waals surface area (Å²) >= 11 is 0. The topological polar surface area (TPSA) is 52.9 Å². The molecule has 1 amide bonds. The molecule has 31 heavy (non-hydrogen) atoms. The number of hydrogen-bond acceptors (Lipinski definition) is 4. The van der Waals surface area contributed by atoms with Gasteiger partial charge in [-0.2, -0.15) is 0 Å². The summed E-state index contributed by atoms with van der Waals surface area (Å²) in [5, 5.41) is 1.96. The van der Waals surface area contributed by atoms with Crippen LogP contribution in [0.5, 0.6) is 0 Å². The average Bonchev–Trinajstić information content (AvgIpc) is 3.43. The summed E-state index contributed by atoms with van der Waals surface area (Å²) in [6.45, 7) is 2.43. The van der Waals surface area contributed by atoms with Crippen molar-refractivity contribution in [2.75, 3.05) is 24.5 Å². The number of hydrazine groups is 1. The zero-order valence-electron chi connectivity index (χ0n) is 17.2. The lowest BCUT2D eigenvalue weighted by atomic mass is 10.0. The Balaban J connectivity index is 1.44. The van der Waals surface area contributed by atoms with Crippen LogP contribution in [0.3, 0.4) is 0 Å². The summed E-state index contributed by atoms with van der Waals surface area (Å²) < 4.78 is 30.0. The molecule has 0 saturated carbocycles. The SMILES string of the molecule is O=C(NN1CCCCC1)c1cnc2ccc(N3CCCC3c3cc(F)ccc3F)cn12. The van der Waals surface area contributed by atoms with Crippen molar-refractivity contribution in [2.24, 2.45) is 0 Å². The molecule has 0 radical (unpaired) electrons. The largest absolute Gasteiger partial charge is 0.363 e. The van der Waals surface area contributed by atoms with Gasteiger partial charge in [-0.3, -0.25) is 14.6 Å². The molecule has 3 aromatic rings. The zero-order valence-corrected chi connectivity index (χ0v) is 17.2. The number of amides is 1. The number of benzene rings is 1. The number of anilines is 1. The van der Waals surface area contributed by atoms with Crippen LogP contribution in [0.4, 0.5) is 14.5 Å². The first kappa shape index (κ1) is 19.9. The van der Waals surface area contributed by atoms with E-state index in [0.29, 0.717) is 16.9 Å². The normalized spacial score (nSPS) is 19.8. The van der Waals surface area contributed by atoms with Crippen LogP contribution in [0.25, 0.3) is 5.65 Å². The van der Waals surface area contributed by atoms with E-state index in [1.54, 1.807) is 10.6 Å². The number of piperidine rings is 1. The highest BCUT2D eigenvalue weighted by Gasteiger charge is 2.29. The lowest BCUT2D eigenvalue weighted by molar-refractivity contribution is 0.0744. The van der Waals surface area contributed by atoms with Crippen molar-refractivity contribution in [1.29, 1.82) is 0 Å². The van der Waals surface area contributed by atoms with Gasteiger partial charge in [0.15, 0.2) is 0 Å².